The first kappa shape index (κ1) is 19.7. The molecule has 1 aromatic rings. The number of carbonyl (C=O) groups excluding carboxylic acids is 1. The predicted molar refractivity (Wildman–Crippen MR) is 105 cm³/mol. The maximum Gasteiger partial charge on any atom is 0.251 e. The lowest BCUT2D eigenvalue weighted by Crippen LogP contribution is -2.54. The summed E-state index contributed by atoms with van der Waals surface area (Å²) >= 11 is 0. The molecule has 0 saturated carbocycles. The average molecular weight is 347 g/mol. The van der Waals surface area contributed by atoms with Gasteiger partial charge < -0.3 is 15.5 Å². The van der Waals surface area contributed by atoms with E-state index in [-0.39, 0.29) is 5.91 Å². The lowest BCUT2D eigenvalue weighted by atomic mass is 10.0. The van der Waals surface area contributed by atoms with Crippen molar-refractivity contribution in [2.75, 3.05) is 45.6 Å². The summed E-state index contributed by atoms with van der Waals surface area (Å²) in [4.78, 5) is 17.3. The highest BCUT2D eigenvalue weighted by atomic mass is 16.1. The Kier molecular flexibility index (Phi) is 6.85. The van der Waals surface area contributed by atoms with Crippen LogP contribution in [0.1, 0.15) is 36.7 Å². The van der Waals surface area contributed by atoms with E-state index in [1.165, 1.54) is 0 Å². The van der Waals surface area contributed by atoms with Crippen molar-refractivity contribution < 1.29 is 4.79 Å². The molecule has 0 unspecified atom stereocenters. The minimum Gasteiger partial charge on any atom is -0.382 e. The number of carbonyl (C=O) groups is 1. The second kappa shape index (κ2) is 8.68. The van der Waals surface area contributed by atoms with Gasteiger partial charge in [0, 0.05) is 49.5 Å². The van der Waals surface area contributed by atoms with Crippen LogP contribution in [0.25, 0.3) is 0 Å². The molecule has 2 N–H and O–H groups in total. The third kappa shape index (κ3) is 5.19. The number of amides is 1. The van der Waals surface area contributed by atoms with Crippen LogP contribution in [0, 0.1) is 12.8 Å². The first-order valence-corrected chi connectivity index (χ1v) is 9.32. The number of benzene rings is 1. The number of piperazine rings is 1. The quantitative estimate of drug-likeness (QED) is 0.830. The highest BCUT2D eigenvalue weighted by molar-refractivity contribution is 5.97. The van der Waals surface area contributed by atoms with Crippen LogP contribution in [0.15, 0.2) is 18.2 Å². The van der Waals surface area contributed by atoms with E-state index in [1.807, 2.05) is 19.1 Å². The molecular weight excluding hydrogens is 312 g/mol. The molecule has 2 rings (SSSR count). The molecule has 1 aliphatic heterocycles. The molecule has 1 heterocycles. The van der Waals surface area contributed by atoms with Gasteiger partial charge in [0.05, 0.1) is 0 Å². The van der Waals surface area contributed by atoms with Gasteiger partial charge in [-0.05, 0) is 51.6 Å². The summed E-state index contributed by atoms with van der Waals surface area (Å²) in [5, 5.41) is 6.66. The lowest BCUT2D eigenvalue weighted by Gasteiger charge is -2.37. The summed E-state index contributed by atoms with van der Waals surface area (Å²) in [6, 6.07) is 6.65. The van der Waals surface area contributed by atoms with E-state index in [0.717, 1.165) is 36.4 Å². The first-order chi connectivity index (χ1) is 11.8. The standard InChI is InChI=1S/C20H34N4O/c1-14(2)16(4)22-19-9-7-8-18(15(19)3)20(25)21-12-17-13-23(5)10-11-24(17)6/h7-9,14,16-17,22H,10-13H2,1-6H3,(H,21,25)/t16-,17+/m0/s1. The average Bonchev–Trinajstić information content (AvgIpc) is 2.57. The molecule has 0 bridgehead atoms. The molecule has 0 aliphatic carbocycles. The van der Waals surface area contributed by atoms with Crippen LogP contribution in [0.4, 0.5) is 5.69 Å². The van der Waals surface area contributed by atoms with Crippen molar-refractivity contribution in [3.8, 4) is 0 Å². The molecule has 1 fully saturated rings. The van der Waals surface area contributed by atoms with Gasteiger partial charge in [0.2, 0.25) is 0 Å². The first-order valence-electron chi connectivity index (χ1n) is 9.32. The molecule has 1 aromatic carbocycles. The largest absolute Gasteiger partial charge is 0.382 e. The number of rotatable bonds is 6. The third-order valence-corrected chi connectivity index (χ3v) is 5.44. The molecule has 2 atom stereocenters. The molecule has 1 amide bonds. The minimum atomic E-state index is 0.0139. The zero-order valence-corrected chi connectivity index (χ0v) is 16.6. The van der Waals surface area contributed by atoms with Gasteiger partial charge in [-0.25, -0.2) is 0 Å². The smallest absolute Gasteiger partial charge is 0.251 e. The Bertz CT molecular complexity index is 587. The van der Waals surface area contributed by atoms with Crippen LogP contribution in [0.2, 0.25) is 0 Å². The number of hydrogen-bond acceptors (Lipinski definition) is 4. The second-order valence-corrected chi connectivity index (χ2v) is 7.76. The molecule has 140 valence electrons. The fourth-order valence-electron chi connectivity index (χ4n) is 3.08. The zero-order valence-electron chi connectivity index (χ0n) is 16.6. The molecule has 5 heteroatoms. The van der Waals surface area contributed by atoms with Crippen LogP contribution in [-0.2, 0) is 0 Å². The van der Waals surface area contributed by atoms with Crippen molar-refractivity contribution in [1.82, 2.24) is 15.1 Å². The maximum atomic E-state index is 12.7. The summed E-state index contributed by atoms with van der Waals surface area (Å²) in [6.07, 6.45) is 0. The zero-order chi connectivity index (χ0) is 18.6. The summed E-state index contributed by atoms with van der Waals surface area (Å²) in [6.45, 7) is 12.4. The van der Waals surface area contributed by atoms with Crippen molar-refractivity contribution in [2.45, 2.75) is 39.8 Å². The Balaban J connectivity index is 2.01. The Hall–Kier alpha value is -1.59. The lowest BCUT2D eigenvalue weighted by molar-refractivity contribution is 0.0880. The monoisotopic (exact) mass is 346 g/mol. The van der Waals surface area contributed by atoms with Gasteiger partial charge in [0.25, 0.3) is 5.91 Å². The number of hydrogen-bond donors (Lipinski definition) is 2. The Morgan fingerprint density at radius 1 is 1.24 bits per heavy atom. The van der Waals surface area contributed by atoms with E-state index in [0.29, 0.717) is 24.5 Å². The van der Waals surface area contributed by atoms with Gasteiger partial charge in [-0.2, -0.15) is 0 Å². The van der Waals surface area contributed by atoms with Crippen LogP contribution >= 0.6 is 0 Å². The maximum absolute atomic E-state index is 12.7. The highest BCUT2D eigenvalue weighted by Crippen LogP contribution is 2.21. The Morgan fingerprint density at radius 2 is 1.96 bits per heavy atom. The third-order valence-electron chi connectivity index (χ3n) is 5.44. The van der Waals surface area contributed by atoms with Crippen molar-refractivity contribution in [3.05, 3.63) is 29.3 Å². The van der Waals surface area contributed by atoms with Crippen LogP contribution in [-0.4, -0.2) is 68.1 Å². The summed E-state index contributed by atoms with van der Waals surface area (Å²) in [7, 11) is 4.27. The SMILES string of the molecule is Cc1c(N[C@@H](C)C(C)C)cccc1C(=O)NC[C@@H]1CN(C)CCN1C. The van der Waals surface area contributed by atoms with Crippen LogP contribution < -0.4 is 10.6 Å². The van der Waals surface area contributed by atoms with E-state index in [1.54, 1.807) is 0 Å². The summed E-state index contributed by atoms with van der Waals surface area (Å²) in [5.74, 6) is 0.552. The molecule has 25 heavy (non-hydrogen) atoms. The van der Waals surface area contributed by atoms with Crippen LogP contribution in [0.3, 0.4) is 0 Å². The van der Waals surface area contributed by atoms with Crippen LogP contribution in [0.5, 0.6) is 0 Å². The molecule has 5 nitrogen and oxygen atoms in total. The Labute approximate surface area is 152 Å². The molecule has 1 saturated heterocycles. The number of nitrogens with one attached hydrogen (secondary N) is 2. The molecule has 0 aromatic heterocycles. The van der Waals surface area contributed by atoms with Crippen molar-refractivity contribution in [3.63, 3.8) is 0 Å². The van der Waals surface area contributed by atoms with Gasteiger partial charge in [-0.1, -0.05) is 19.9 Å². The molecule has 1 aliphatic rings. The van der Waals surface area contributed by atoms with Gasteiger partial charge >= 0.3 is 0 Å². The number of likely N-dealkylation sites (N-methyl/N-ethyl adjacent to an activating group) is 2. The number of nitrogens with zero attached hydrogens (tertiary/aromatic N) is 2. The summed E-state index contributed by atoms with van der Waals surface area (Å²) in [5.41, 5.74) is 2.82. The van der Waals surface area contributed by atoms with Gasteiger partial charge in [0.1, 0.15) is 0 Å². The minimum absolute atomic E-state index is 0.0139. The Morgan fingerprint density at radius 3 is 2.64 bits per heavy atom. The summed E-state index contributed by atoms with van der Waals surface area (Å²) < 4.78 is 0. The topological polar surface area (TPSA) is 47.6 Å². The highest BCUT2D eigenvalue weighted by Gasteiger charge is 2.23. The van der Waals surface area contributed by atoms with E-state index in [9.17, 15) is 4.79 Å². The van der Waals surface area contributed by atoms with Gasteiger partial charge in [-0.3, -0.25) is 9.69 Å². The normalized spacial score (nSPS) is 20.5. The van der Waals surface area contributed by atoms with E-state index < -0.39 is 0 Å². The van der Waals surface area contributed by atoms with Crippen molar-refractivity contribution in [1.29, 1.82) is 0 Å². The molecule has 0 spiro atoms. The number of anilines is 1. The van der Waals surface area contributed by atoms with Crippen molar-refractivity contribution >= 4 is 11.6 Å². The van der Waals surface area contributed by atoms with E-state index in [4.69, 9.17) is 0 Å². The van der Waals surface area contributed by atoms with Crippen molar-refractivity contribution in [2.24, 2.45) is 5.92 Å². The fourth-order valence-corrected chi connectivity index (χ4v) is 3.08. The molecular formula is C20H34N4O. The van der Waals surface area contributed by atoms with E-state index >= 15 is 0 Å². The fraction of sp³-hybridized carbons (Fsp3) is 0.650. The second-order valence-electron chi connectivity index (χ2n) is 7.76. The predicted octanol–water partition coefficient (Wildman–Crippen LogP) is 2.43. The molecule has 0 radical (unpaired) electrons. The van der Waals surface area contributed by atoms with Gasteiger partial charge in [-0.15, -0.1) is 0 Å². The van der Waals surface area contributed by atoms with Gasteiger partial charge in [0.15, 0.2) is 0 Å². The van der Waals surface area contributed by atoms with E-state index in [2.05, 4.69) is 61.4 Å².